The van der Waals surface area contributed by atoms with Crippen molar-refractivity contribution in [3.8, 4) is 5.75 Å². The second-order valence-corrected chi connectivity index (χ2v) is 9.87. The maximum absolute atomic E-state index is 13.9. The molecule has 3 atom stereocenters. The number of benzene rings is 3. The Hall–Kier alpha value is -3.79. The molecule has 204 valence electrons. The Balaban J connectivity index is 1.75. The van der Waals surface area contributed by atoms with Crippen molar-refractivity contribution in [2.45, 2.75) is 32.0 Å². The van der Waals surface area contributed by atoms with E-state index in [0.29, 0.717) is 21.3 Å². The van der Waals surface area contributed by atoms with Crippen LogP contribution in [0.4, 0.5) is 8.78 Å². The molecule has 7 nitrogen and oxygen atoms in total. The van der Waals surface area contributed by atoms with E-state index in [9.17, 15) is 23.2 Å². The number of nitrogens with one attached hydrogen (secondary N) is 1. The zero-order chi connectivity index (χ0) is 28.1. The molecule has 3 unspecified atom stereocenters. The number of carbonyl (C=O) groups is 3. The van der Waals surface area contributed by atoms with Crippen molar-refractivity contribution >= 4 is 33.7 Å². The molecule has 0 saturated carbocycles. The van der Waals surface area contributed by atoms with Crippen LogP contribution in [0.5, 0.6) is 5.75 Å². The number of amides is 2. The second-order valence-electron chi connectivity index (χ2n) is 9.01. The van der Waals surface area contributed by atoms with Gasteiger partial charge in [0.1, 0.15) is 23.4 Å². The van der Waals surface area contributed by atoms with Crippen LogP contribution in [0.15, 0.2) is 71.2 Å². The lowest BCUT2D eigenvalue weighted by atomic mass is 9.92. The van der Waals surface area contributed by atoms with Crippen LogP contribution in [-0.2, 0) is 20.9 Å². The van der Waals surface area contributed by atoms with E-state index in [4.69, 9.17) is 9.47 Å². The molecule has 0 aromatic heterocycles. The molecule has 39 heavy (non-hydrogen) atoms. The lowest BCUT2D eigenvalue weighted by molar-refractivity contribution is -0.148. The average molecular weight is 601 g/mol. The maximum Gasteiger partial charge on any atom is 0.311 e. The second kappa shape index (κ2) is 12.4. The maximum atomic E-state index is 13.9. The van der Waals surface area contributed by atoms with Crippen LogP contribution >= 0.6 is 15.9 Å². The van der Waals surface area contributed by atoms with Crippen LogP contribution in [0.2, 0.25) is 0 Å². The number of carbonyl (C=O) groups excluding carboxylic acids is 3. The molecule has 4 rings (SSSR count). The zero-order valence-electron chi connectivity index (χ0n) is 21.3. The van der Waals surface area contributed by atoms with Crippen LogP contribution < -0.4 is 10.1 Å². The van der Waals surface area contributed by atoms with Crippen LogP contribution in [0.25, 0.3) is 0 Å². The summed E-state index contributed by atoms with van der Waals surface area (Å²) in [7, 11) is 1.52. The molecule has 0 bridgehead atoms. The van der Waals surface area contributed by atoms with E-state index in [2.05, 4.69) is 21.2 Å². The fourth-order valence-corrected chi connectivity index (χ4v) is 5.32. The predicted molar refractivity (Wildman–Crippen MR) is 143 cm³/mol. The van der Waals surface area contributed by atoms with Crippen LogP contribution in [0.1, 0.15) is 40.9 Å². The fourth-order valence-electron chi connectivity index (χ4n) is 4.76. The first-order valence-corrected chi connectivity index (χ1v) is 13.1. The van der Waals surface area contributed by atoms with Gasteiger partial charge in [-0.15, -0.1) is 0 Å². The molecule has 2 amide bonds. The van der Waals surface area contributed by atoms with Gasteiger partial charge in [0.25, 0.3) is 5.91 Å². The molecule has 1 heterocycles. The first-order valence-electron chi connectivity index (χ1n) is 12.3. The Kier molecular flexibility index (Phi) is 8.96. The van der Waals surface area contributed by atoms with E-state index in [1.54, 1.807) is 37.3 Å². The van der Waals surface area contributed by atoms with Crippen molar-refractivity contribution in [1.29, 1.82) is 0 Å². The van der Waals surface area contributed by atoms with Crippen molar-refractivity contribution < 1.29 is 32.6 Å². The zero-order valence-corrected chi connectivity index (χ0v) is 22.9. The molecule has 0 spiro atoms. The van der Waals surface area contributed by atoms with Gasteiger partial charge in [-0.2, -0.15) is 0 Å². The molecule has 1 fully saturated rings. The van der Waals surface area contributed by atoms with E-state index in [1.165, 1.54) is 36.3 Å². The van der Waals surface area contributed by atoms with Gasteiger partial charge in [-0.3, -0.25) is 14.4 Å². The molecule has 1 N–H and O–H groups in total. The van der Waals surface area contributed by atoms with Crippen LogP contribution in [0.3, 0.4) is 0 Å². The number of hydrogen-bond acceptors (Lipinski definition) is 5. The van der Waals surface area contributed by atoms with E-state index in [1.807, 2.05) is 0 Å². The molecule has 1 aliphatic rings. The van der Waals surface area contributed by atoms with Gasteiger partial charge in [-0.05, 0) is 88.9 Å². The summed E-state index contributed by atoms with van der Waals surface area (Å²) in [6, 6.07) is 13.9. The third-order valence-electron chi connectivity index (χ3n) is 6.61. The van der Waals surface area contributed by atoms with E-state index in [0.717, 1.165) is 12.1 Å². The Morgan fingerprint density at radius 1 is 1.00 bits per heavy atom. The molecule has 0 radical (unpaired) electrons. The standard InChI is InChI=1S/C29H27BrF2N2O5/c1-3-39-29(37)22-15-24(27(35)33-16-17-4-9-20(31)10-5-17)34(28(36)18-6-11-21(32)12-7-18)26(22)19-8-13-25(38-2)23(30)14-19/h4-14,22,24,26H,3,15-16H2,1-2H3,(H,33,35). The molecule has 1 saturated heterocycles. The summed E-state index contributed by atoms with van der Waals surface area (Å²) in [6.07, 6.45) is 0.00926. The molecular weight excluding hydrogens is 574 g/mol. The monoisotopic (exact) mass is 600 g/mol. The summed E-state index contributed by atoms with van der Waals surface area (Å²) in [5.41, 5.74) is 1.41. The number of rotatable bonds is 8. The SMILES string of the molecule is CCOC(=O)C1CC(C(=O)NCc2ccc(F)cc2)N(C(=O)c2ccc(F)cc2)C1c1ccc(OC)c(Br)c1. The highest BCUT2D eigenvalue weighted by Crippen LogP contribution is 2.44. The minimum Gasteiger partial charge on any atom is -0.496 e. The molecule has 3 aromatic rings. The van der Waals surface area contributed by atoms with Crippen molar-refractivity contribution in [2.24, 2.45) is 5.92 Å². The Morgan fingerprint density at radius 3 is 2.23 bits per heavy atom. The quantitative estimate of drug-likeness (QED) is 0.360. The van der Waals surface area contributed by atoms with Crippen molar-refractivity contribution in [2.75, 3.05) is 13.7 Å². The number of ether oxygens (including phenoxy) is 2. The van der Waals surface area contributed by atoms with Crippen molar-refractivity contribution in [3.63, 3.8) is 0 Å². The Morgan fingerprint density at radius 2 is 1.64 bits per heavy atom. The molecule has 10 heteroatoms. The minimum absolute atomic E-state index is 0.00926. The third kappa shape index (κ3) is 6.27. The Labute approximate surface area is 233 Å². The van der Waals surface area contributed by atoms with Gasteiger partial charge >= 0.3 is 5.97 Å². The van der Waals surface area contributed by atoms with E-state index >= 15 is 0 Å². The summed E-state index contributed by atoms with van der Waals surface area (Å²) < 4.78 is 38.2. The summed E-state index contributed by atoms with van der Waals surface area (Å²) >= 11 is 3.46. The van der Waals surface area contributed by atoms with E-state index < -0.39 is 47.4 Å². The minimum atomic E-state index is -1.04. The normalized spacial score (nSPS) is 18.5. The topological polar surface area (TPSA) is 84.9 Å². The number of likely N-dealkylation sites (tertiary alicyclic amines) is 1. The van der Waals surface area contributed by atoms with Gasteiger partial charge in [0, 0.05) is 12.1 Å². The van der Waals surface area contributed by atoms with Gasteiger partial charge in [-0.1, -0.05) is 18.2 Å². The number of halogens is 3. The number of esters is 1. The van der Waals surface area contributed by atoms with Crippen molar-refractivity contribution in [1.82, 2.24) is 10.2 Å². The third-order valence-corrected chi connectivity index (χ3v) is 7.23. The van der Waals surface area contributed by atoms with Crippen LogP contribution in [0, 0.1) is 17.6 Å². The highest BCUT2D eigenvalue weighted by atomic mass is 79.9. The van der Waals surface area contributed by atoms with Crippen molar-refractivity contribution in [3.05, 3.63) is 99.5 Å². The fraction of sp³-hybridized carbons (Fsp3) is 0.276. The summed E-state index contributed by atoms with van der Waals surface area (Å²) in [6.45, 7) is 1.90. The van der Waals surface area contributed by atoms with Gasteiger partial charge in [-0.25, -0.2) is 8.78 Å². The van der Waals surface area contributed by atoms with Gasteiger partial charge < -0.3 is 19.7 Å². The molecular formula is C29H27BrF2N2O5. The van der Waals surface area contributed by atoms with Gasteiger partial charge in [0.05, 0.1) is 30.1 Å². The largest absolute Gasteiger partial charge is 0.496 e. The number of hydrogen-bond donors (Lipinski definition) is 1. The molecule has 0 aliphatic carbocycles. The van der Waals surface area contributed by atoms with Gasteiger partial charge in [0.15, 0.2) is 0 Å². The Bertz CT molecular complexity index is 1350. The lowest BCUT2D eigenvalue weighted by Gasteiger charge is -2.31. The average Bonchev–Trinajstić information content (AvgIpc) is 3.33. The summed E-state index contributed by atoms with van der Waals surface area (Å²) in [5, 5.41) is 2.80. The number of methoxy groups -OCH3 is 1. The molecule has 3 aromatic carbocycles. The first-order chi connectivity index (χ1) is 18.7. The van der Waals surface area contributed by atoms with Gasteiger partial charge in [0.2, 0.25) is 5.91 Å². The first kappa shape index (κ1) is 28.2. The predicted octanol–water partition coefficient (Wildman–Crippen LogP) is 5.19. The highest BCUT2D eigenvalue weighted by molar-refractivity contribution is 9.10. The summed E-state index contributed by atoms with van der Waals surface area (Å²) in [4.78, 5) is 41.9. The summed E-state index contributed by atoms with van der Waals surface area (Å²) in [5.74, 6) is -2.78. The molecule has 1 aliphatic heterocycles. The highest BCUT2D eigenvalue weighted by Gasteiger charge is 2.51. The number of nitrogens with zero attached hydrogens (tertiary/aromatic N) is 1. The van der Waals surface area contributed by atoms with E-state index in [-0.39, 0.29) is 25.1 Å². The smallest absolute Gasteiger partial charge is 0.311 e. The lowest BCUT2D eigenvalue weighted by Crippen LogP contribution is -2.46. The van der Waals surface area contributed by atoms with Crippen LogP contribution in [-0.4, -0.2) is 42.4 Å².